The molecular formula is C50H93NO5. The maximum atomic E-state index is 12.4. The fourth-order valence-corrected chi connectivity index (χ4v) is 7.10. The largest absolute Gasteiger partial charge is 0.466 e. The molecule has 3 N–H and O–H groups in total. The van der Waals surface area contributed by atoms with E-state index in [1.54, 1.807) is 6.08 Å². The zero-order chi connectivity index (χ0) is 40.8. The molecule has 56 heavy (non-hydrogen) atoms. The molecule has 0 aromatic carbocycles. The van der Waals surface area contributed by atoms with Gasteiger partial charge in [0, 0.05) is 12.8 Å². The molecule has 0 bridgehead atoms. The van der Waals surface area contributed by atoms with Crippen molar-refractivity contribution in [1.82, 2.24) is 5.32 Å². The molecule has 6 nitrogen and oxygen atoms in total. The Hall–Kier alpha value is -1.92. The zero-order valence-corrected chi connectivity index (χ0v) is 37.1. The van der Waals surface area contributed by atoms with Crippen molar-refractivity contribution >= 4 is 11.9 Å². The van der Waals surface area contributed by atoms with Gasteiger partial charge in [0.2, 0.25) is 5.91 Å². The number of esters is 1. The second kappa shape index (κ2) is 45.8. The highest BCUT2D eigenvalue weighted by Gasteiger charge is 2.17. The molecule has 1 amide bonds. The van der Waals surface area contributed by atoms with Gasteiger partial charge in [-0.2, -0.15) is 0 Å². The van der Waals surface area contributed by atoms with E-state index in [0.29, 0.717) is 19.4 Å². The molecule has 2 unspecified atom stereocenters. The molecule has 0 radical (unpaired) electrons. The summed E-state index contributed by atoms with van der Waals surface area (Å²) in [6, 6.07) is -0.664. The minimum Gasteiger partial charge on any atom is -0.466 e. The number of carbonyl (C=O) groups excluding carboxylic acids is 2. The van der Waals surface area contributed by atoms with Crippen LogP contribution in [-0.4, -0.2) is 47.4 Å². The summed E-state index contributed by atoms with van der Waals surface area (Å²) >= 11 is 0. The molecule has 0 aliphatic heterocycles. The van der Waals surface area contributed by atoms with Crippen LogP contribution in [0.1, 0.15) is 245 Å². The summed E-state index contributed by atoms with van der Waals surface area (Å²) in [6.07, 6.45) is 54.3. The standard InChI is InChI=1S/C50H93NO5/c1-3-5-7-9-11-13-15-17-18-19-20-21-22-24-28-32-36-40-44-50(55)56-45-41-37-33-29-25-27-31-35-39-43-49(54)51-47(46-52)48(53)42-38-34-30-26-23-16-14-12-10-8-6-4-2/h18-19,27,31,38,42,47-48,52-53H,3-17,20-26,28-30,32-37,39-41,43-46H2,1-2H3,(H,51,54)/b19-18-,31-27-,42-38+. The predicted octanol–water partition coefficient (Wildman–Crippen LogP) is 14.1. The molecule has 0 aliphatic carbocycles. The first-order valence-corrected chi connectivity index (χ1v) is 24.3. The number of hydrogen-bond acceptors (Lipinski definition) is 5. The van der Waals surface area contributed by atoms with E-state index < -0.39 is 12.1 Å². The van der Waals surface area contributed by atoms with Gasteiger partial charge in [0.05, 0.1) is 25.4 Å². The Labute approximate surface area is 347 Å². The second-order valence-electron chi connectivity index (χ2n) is 16.4. The Morgan fingerprint density at radius 2 is 0.857 bits per heavy atom. The number of unbranched alkanes of at least 4 members (excludes halogenated alkanes) is 29. The fraction of sp³-hybridized carbons (Fsp3) is 0.840. The van der Waals surface area contributed by atoms with Gasteiger partial charge >= 0.3 is 5.97 Å². The Kier molecular flexibility index (Phi) is 44.2. The molecule has 0 heterocycles. The second-order valence-corrected chi connectivity index (χ2v) is 16.4. The number of aliphatic hydroxyl groups is 2. The van der Waals surface area contributed by atoms with Crippen LogP contribution in [0.5, 0.6) is 0 Å². The molecule has 0 saturated heterocycles. The Morgan fingerprint density at radius 3 is 1.30 bits per heavy atom. The SMILES string of the molecule is CCCCCCCCC/C=C\CCCCCCCCCC(=O)OCCCCCC/C=C\CCCC(=O)NC(CO)C(O)/C=C/CCCCCCCCCCCC. The van der Waals surface area contributed by atoms with Gasteiger partial charge in [-0.15, -0.1) is 0 Å². The van der Waals surface area contributed by atoms with Crippen LogP contribution < -0.4 is 5.32 Å². The van der Waals surface area contributed by atoms with E-state index in [1.807, 2.05) is 6.08 Å². The Balaban J connectivity index is 3.56. The topological polar surface area (TPSA) is 95.9 Å². The van der Waals surface area contributed by atoms with Gasteiger partial charge in [0.1, 0.15) is 0 Å². The smallest absolute Gasteiger partial charge is 0.305 e. The first-order chi connectivity index (χ1) is 27.5. The van der Waals surface area contributed by atoms with Gasteiger partial charge in [-0.1, -0.05) is 192 Å². The number of allylic oxidation sites excluding steroid dienone is 5. The quantitative estimate of drug-likeness (QED) is 0.0325. The van der Waals surface area contributed by atoms with Gasteiger partial charge < -0.3 is 20.3 Å². The van der Waals surface area contributed by atoms with Gasteiger partial charge in [0.15, 0.2) is 0 Å². The molecule has 0 aromatic rings. The maximum absolute atomic E-state index is 12.4. The van der Waals surface area contributed by atoms with E-state index in [9.17, 15) is 19.8 Å². The van der Waals surface area contributed by atoms with Crippen LogP contribution in [0.25, 0.3) is 0 Å². The fourth-order valence-electron chi connectivity index (χ4n) is 7.10. The lowest BCUT2D eigenvalue weighted by atomic mass is 10.1. The minimum atomic E-state index is -0.874. The van der Waals surface area contributed by atoms with Crippen LogP contribution in [0.4, 0.5) is 0 Å². The molecule has 2 atom stereocenters. The Bertz CT molecular complexity index is 915. The van der Waals surface area contributed by atoms with Crippen molar-refractivity contribution in [3.05, 3.63) is 36.5 Å². The van der Waals surface area contributed by atoms with Crippen molar-refractivity contribution < 1.29 is 24.5 Å². The average molecular weight is 788 g/mol. The molecule has 0 fully saturated rings. The number of aliphatic hydroxyl groups excluding tert-OH is 2. The monoisotopic (exact) mass is 788 g/mol. The van der Waals surface area contributed by atoms with E-state index >= 15 is 0 Å². The molecule has 6 heteroatoms. The molecular weight excluding hydrogens is 695 g/mol. The van der Waals surface area contributed by atoms with Crippen molar-refractivity contribution in [2.75, 3.05) is 13.2 Å². The van der Waals surface area contributed by atoms with Crippen molar-refractivity contribution in [1.29, 1.82) is 0 Å². The number of rotatable bonds is 44. The molecule has 328 valence electrons. The third-order valence-electron chi connectivity index (χ3n) is 10.9. The van der Waals surface area contributed by atoms with Crippen LogP contribution in [-0.2, 0) is 14.3 Å². The van der Waals surface area contributed by atoms with Crippen LogP contribution in [0.15, 0.2) is 36.5 Å². The van der Waals surface area contributed by atoms with Crippen LogP contribution in [0, 0.1) is 0 Å². The zero-order valence-electron chi connectivity index (χ0n) is 37.1. The number of nitrogens with one attached hydrogen (secondary N) is 1. The number of hydrogen-bond donors (Lipinski definition) is 3. The lowest BCUT2D eigenvalue weighted by Crippen LogP contribution is -2.45. The summed E-state index contributed by atoms with van der Waals surface area (Å²) < 4.78 is 5.44. The number of ether oxygens (including phenoxy) is 1. The summed E-state index contributed by atoms with van der Waals surface area (Å²) in [6.45, 7) is 4.79. The first-order valence-electron chi connectivity index (χ1n) is 24.3. The molecule has 0 rings (SSSR count). The van der Waals surface area contributed by atoms with E-state index in [4.69, 9.17) is 4.74 Å². The highest BCUT2D eigenvalue weighted by Crippen LogP contribution is 2.14. The van der Waals surface area contributed by atoms with Crippen LogP contribution >= 0.6 is 0 Å². The summed E-state index contributed by atoms with van der Waals surface area (Å²) in [5, 5.41) is 22.9. The summed E-state index contributed by atoms with van der Waals surface area (Å²) in [7, 11) is 0. The van der Waals surface area contributed by atoms with Crippen molar-refractivity contribution in [2.24, 2.45) is 0 Å². The van der Waals surface area contributed by atoms with Crippen LogP contribution in [0.2, 0.25) is 0 Å². The molecule has 0 aliphatic rings. The Morgan fingerprint density at radius 1 is 0.482 bits per heavy atom. The van der Waals surface area contributed by atoms with Crippen molar-refractivity contribution in [2.45, 2.75) is 257 Å². The van der Waals surface area contributed by atoms with Gasteiger partial charge in [-0.05, 0) is 77.0 Å². The highest BCUT2D eigenvalue weighted by molar-refractivity contribution is 5.76. The van der Waals surface area contributed by atoms with Gasteiger partial charge in [-0.25, -0.2) is 0 Å². The predicted molar refractivity (Wildman–Crippen MR) is 241 cm³/mol. The van der Waals surface area contributed by atoms with E-state index in [0.717, 1.165) is 70.6 Å². The lowest BCUT2D eigenvalue weighted by molar-refractivity contribution is -0.143. The first kappa shape index (κ1) is 54.1. The van der Waals surface area contributed by atoms with Gasteiger partial charge in [-0.3, -0.25) is 9.59 Å². The highest BCUT2D eigenvalue weighted by atomic mass is 16.5. The van der Waals surface area contributed by atoms with Crippen molar-refractivity contribution in [3.8, 4) is 0 Å². The number of carbonyl (C=O) groups is 2. The lowest BCUT2D eigenvalue weighted by Gasteiger charge is -2.19. The molecule has 0 saturated carbocycles. The van der Waals surface area contributed by atoms with Gasteiger partial charge in [0.25, 0.3) is 0 Å². The van der Waals surface area contributed by atoms with Crippen LogP contribution in [0.3, 0.4) is 0 Å². The van der Waals surface area contributed by atoms with Crippen molar-refractivity contribution in [3.63, 3.8) is 0 Å². The third-order valence-corrected chi connectivity index (χ3v) is 10.9. The summed E-state index contributed by atoms with van der Waals surface area (Å²) in [5.41, 5.74) is 0. The molecule has 0 spiro atoms. The molecule has 0 aromatic heterocycles. The maximum Gasteiger partial charge on any atom is 0.305 e. The summed E-state index contributed by atoms with van der Waals surface area (Å²) in [4.78, 5) is 24.4. The third kappa shape index (κ3) is 41.7. The average Bonchev–Trinajstić information content (AvgIpc) is 3.20. The van der Waals surface area contributed by atoms with E-state index in [2.05, 4.69) is 43.5 Å². The van der Waals surface area contributed by atoms with E-state index in [-0.39, 0.29) is 18.5 Å². The summed E-state index contributed by atoms with van der Waals surface area (Å²) in [5.74, 6) is -0.173. The number of amides is 1. The minimum absolute atomic E-state index is 0.0420. The normalized spacial score (nSPS) is 13.0. The van der Waals surface area contributed by atoms with E-state index in [1.165, 1.54) is 148 Å².